The third-order valence-corrected chi connectivity index (χ3v) is 4.89. The fourth-order valence-corrected chi connectivity index (χ4v) is 3.55. The quantitative estimate of drug-likeness (QED) is 0.510. The molecule has 4 rings (SSSR count). The molecule has 2 heterocycles. The highest BCUT2D eigenvalue weighted by molar-refractivity contribution is 7.06. The van der Waals surface area contributed by atoms with Crippen molar-refractivity contribution in [2.45, 2.75) is 13.0 Å². The molecule has 0 aromatic heterocycles. The Kier molecular flexibility index (Phi) is 4.39. The van der Waals surface area contributed by atoms with Crippen LogP contribution < -0.4 is 4.74 Å². The van der Waals surface area contributed by atoms with Gasteiger partial charge in [0.2, 0.25) is 0 Å². The number of aromatic nitrogens is 2. The highest BCUT2D eigenvalue weighted by atomic mass is 32.1. The minimum absolute atomic E-state index is 0.792. The van der Waals surface area contributed by atoms with Crippen LogP contribution in [0.3, 0.4) is 0 Å². The second-order valence-corrected chi connectivity index (χ2v) is 6.47. The van der Waals surface area contributed by atoms with E-state index in [1.165, 1.54) is 17.2 Å². The van der Waals surface area contributed by atoms with Gasteiger partial charge in [-0.15, -0.1) is 0 Å². The van der Waals surface area contributed by atoms with E-state index in [1.54, 1.807) is 7.11 Å². The highest BCUT2D eigenvalue weighted by Crippen LogP contribution is 2.27. The predicted molar refractivity (Wildman–Crippen MR) is 101 cm³/mol. The van der Waals surface area contributed by atoms with Crippen LogP contribution in [0.1, 0.15) is 5.56 Å². The molecule has 0 saturated carbocycles. The standard InChI is InChI=1S/C20H18N2O2S/c1-23-17-9-4-2-7-15(17)12-14-22-13-6-11-19-20(22)21-16-8-3-5-10-18(16)24-25-19/h2-11,13H,12,14H2,1H3. The molecule has 2 aliphatic heterocycles. The maximum absolute atomic E-state index is 5.82. The van der Waals surface area contributed by atoms with E-state index in [2.05, 4.69) is 16.8 Å². The maximum Gasteiger partial charge on any atom is 0.169 e. The van der Waals surface area contributed by atoms with Crippen molar-refractivity contribution in [3.63, 3.8) is 0 Å². The van der Waals surface area contributed by atoms with Crippen molar-refractivity contribution in [1.29, 1.82) is 0 Å². The van der Waals surface area contributed by atoms with Gasteiger partial charge in [0.25, 0.3) is 0 Å². The topological polar surface area (TPSA) is 40.2 Å². The Bertz CT molecular complexity index is 1010. The van der Waals surface area contributed by atoms with Gasteiger partial charge in [-0.05, 0) is 42.3 Å². The first kappa shape index (κ1) is 15.7. The van der Waals surface area contributed by atoms with Crippen LogP contribution in [0.4, 0.5) is 0 Å². The van der Waals surface area contributed by atoms with Crippen LogP contribution >= 0.6 is 11.6 Å². The number of rotatable bonds is 4. The average Bonchev–Trinajstić information content (AvgIpc) is 2.86. The zero-order chi connectivity index (χ0) is 17.1. The molecule has 0 fully saturated rings. The maximum atomic E-state index is 5.82. The van der Waals surface area contributed by atoms with E-state index in [-0.39, 0.29) is 0 Å². The van der Waals surface area contributed by atoms with Gasteiger partial charge in [-0.3, -0.25) is 0 Å². The van der Waals surface area contributed by atoms with Gasteiger partial charge in [0, 0.05) is 24.4 Å². The zero-order valence-corrected chi connectivity index (χ0v) is 14.7. The van der Waals surface area contributed by atoms with E-state index in [9.17, 15) is 0 Å². The van der Waals surface area contributed by atoms with Crippen LogP contribution in [0.15, 0.2) is 70.7 Å². The molecule has 0 radical (unpaired) electrons. The number of methoxy groups -OCH3 is 1. The van der Waals surface area contributed by atoms with Crippen LogP contribution in [-0.4, -0.2) is 16.7 Å². The Morgan fingerprint density at radius 3 is 2.80 bits per heavy atom. The molecule has 0 N–H and O–H groups in total. The second kappa shape index (κ2) is 6.99. The first-order valence-corrected chi connectivity index (χ1v) is 8.89. The summed E-state index contributed by atoms with van der Waals surface area (Å²) in [6.07, 6.45) is 2.93. The number of pyridine rings is 1. The Balaban J connectivity index is 1.74. The van der Waals surface area contributed by atoms with Crippen molar-refractivity contribution in [2.24, 2.45) is 0 Å². The molecule has 0 saturated heterocycles. The smallest absolute Gasteiger partial charge is 0.169 e. The molecule has 25 heavy (non-hydrogen) atoms. The van der Waals surface area contributed by atoms with E-state index in [4.69, 9.17) is 13.6 Å². The van der Waals surface area contributed by atoms with E-state index in [1.807, 2.05) is 54.6 Å². The monoisotopic (exact) mass is 350 g/mol. The molecule has 126 valence electrons. The van der Waals surface area contributed by atoms with Gasteiger partial charge in [0.15, 0.2) is 11.4 Å². The lowest BCUT2D eigenvalue weighted by atomic mass is 10.1. The number of aryl methyl sites for hydroxylation is 2. The van der Waals surface area contributed by atoms with Gasteiger partial charge in [-0.2, -0.15) is 0 Å². The largest absolute Gasteiger partial charge is 0.496 e. The van der Waals surface area contributed by atoms with E-state index >= 15 is 0 Å². The molecule has 0 spiro atoms. The number of ether oxygens (including phenoxy) is 1. The third-order valence-electron chi connectivity index (χ3n) is 4.13. The summed E-state index contributed by atoms with van der Waals surface area (Å²) in [5.41, 5.74) is 2.83. The number of fused-ring (bicyclic) bond motifs is 2. The molecule has 2 aromatic rings. The van der Waals surface area contributed by atoms with Crippen molar-refractivity contribution >= 4 is 22.7 Å². The number of benzene rings is 2. The van der Waals surface area contributed by atoms with E-state index in [0.717, 1.165) is 40.5 Å². The predicted octanol–water partition coefficient (Wildman–Crippen LogP) is 5.17. The molecular formula is C20H18N2O2S. The molecular weight excluding hydrogens is 332 g/mol. The van der Waals surface area contributed by atoms with Gasteiger partial charge in [0.05, 0.1) is 7.11 Å². The Hall–Kier alpha value is -2.79. The SMILES string of the molecule is COc1ccccc1CCn1cccc2soc3ccccc3nc1-2. The molecule has 5 heteroatoms. The zero-order valence-electron chi connectivity index (χ0n) is 13.9. The summed E-state index contributed by atoms with van der Waals surface area (Å²) in [6, 6.07) is 20.0. The van der Waals surface area contributed by atoms with Gasteiger partial charge in [-0.25, -0.2) is 4.98 Å². The van der Waals surface area contributed by atoms with Crippen molar-refractivity contribution in [2.75, 3.05) is 7.11 Å². The van der Waals surface area contributed by atoms with Crippen molar-refractivity contribution in [1.82, 2.24) is 9.55 Å². The van der Waals surface area contributed by atoms with Crippen LogP contribution in [0, 0.1) is 0 Å². The van der Waals surface area contributed by atoms with E-state index in [0.29, 0.717) is 0 Å². The number of nitrogens with zero attached hydrogens (tertiary/aromatic N) is 2. The van der Waals surface area contributed by atoms with Gasteiger partial charge in [0.1, 0.15) is 16.1 Å². The minimum atomic E-state index is 0.792. The number of hydrogen-bond acceptors (Lipinski definition) is 4. The first-order chi connectivity index (χ1) is 12.3. The fourth-order valence-electron chi connectivity index (χ4n) is 2.86. The Morgan fingerprint density at radius 2 is 1.88 bits per heavy atom. The lowest BCUT2D eigenvalue weighted by Gasteiger charge is -2.13. The van der Waals surface area contributed by atoms with Crippen LogP contribution in [0.25, 0.3) is 21.8 Å². The van der Waals surface area contributed by atoms with Gasteiger partial charge >= 0.3 is 0 Å². The molecule has 0 amide bonds. The molecule has 2 aliphatic rings. The Labute approximate surface area is 150 Å². The summed E-state index contributed by atoms with van der Waals surface area (Å²) in [5, 5.41) is 0. The molecule has 2 aromatic carbocycles. The minimum Gasteiger partial charge on any atom is -0.496 e. The summed E-state index contributed by atoms with van der Waals surface area (Å²) in [4.78, 5) is 5.86. The van der Waals surface area contributed by atoms with Gasteiger partial charge < -0.3 is 13.2 Å². The van der Waals surface area contributed by atoms with Gasteiger partial charge in [-0.1, -0.05) is 30.3 Å². The summed E-state index contributed by atoms with van der Waals surface area (Å²) in [5.74, 6) is 1.84. The molecule has 0 aliphatic carbocycles. The third kappa shape index (κ3) is 3.23. The van der Waals surface area contributed by atoms with Crippen LogP contribution in [0.5, 0.6) is 5.75 Å². The highest BCUT2D eigenvalue weighted by Gasteiger charge is 2.10. The summed E-state index contributed by atoms with van der Waals surface area (Å²) in [6.45, 7) is 0.815. The summed E-state index contributed by atoms with van der Waals surface area (Å²) >= 11 is 1.36. The van der Waals surface area contributed by atoms with Crippen LogP contribution in [-0.2, 0) is 13.0 Å². The molecule has 0 atom stereocenters. The van der Waals surface area contributed by atoms with Crippen LogP contribution in [0.2, 0.25) is 0 Å². The summed E-state index contributed by atoms with van der Waals surface area (Å²) < 4.78 is 13.4. The van der Waals surface area contributed by atoms with Crippen molar-refractivity contribution in [3.8, 4) is 16.5 Å². The summed E-state index contributed by atoms with van der Waals surface area (Å²) in [7, 11) is 1.71. The molecule has 0 bridgehead atoms. The molecule has 0 unspecified atom stereocenters. The second-order valence-electron chi connectivity index (χ2n) is 5.70. The number of hydrogen-bond donors (Lipinski definition) is 0. The lowest BCUT2D eigenvalue weighted by molar-refractivity contribution is 0.408. The van der Waals surface area contributed by atoms with Crippen molar-refractivity contribution in [3.05, 3.63) is 72.4 Å². The lowest BCUT2D eigenvalue weighted by Crippen LogP contribution is -2.07. The number of para-hydroxylation sites is 3. The average molecular weight is 350 g/mol. The van der Waals surface area contributed by atoms with Crippen molar-refractivity contribution < 1.29 is 8.59 Å². The van der Waals surface area contributed by atoms with E-state index < -0.39 is 0 Å². The first-order valence-electron chi connectivity index (χ1n) is 8.15. The molecule has 4 nitrogen and oxygen atoms in total. The normalized spacial score (nSPS) is 10.9. The fraction of sp³-hybridized carbons (Fsp3) is 0.150. The Morgan fingerprint density at radius 1 is 1.04 bits per heavy atom.